The molecule has 7 nitrogen and oxygen atoms in total. The maximum Gasteiger partial charge on any atom is 0.308 e. The van der Waals surface area contributed by atoms with Crippen LogP contribution in [0.2, 0.25) is 0 Å². The number of rotatable bonds is 6. The summed E-state index contributed by atoms with van der Waals surface area (Å²) in [7, 11) is 1.64. The molecule has 0 spiro atoms. The van der Waals surface area contributed by atoms with E-state index < -0.39 is 12.0 Å². The van der Waals surface area contributed by atoms with Crippen molar-refractivity contribution in [3.63, 3.8) is 0 Å². The van der Waals surface area contributed by atoms with Crippen LogP contribution < -0.4 is 24.8 Å². The fourth-order valence-electron chi connectivity index (χ4n) is 5.07. The Hall–Kier alpha value is -4.26. The number of ketones is 1. The van der Waals surface area contributed by atoms with Gasteiger partial charge in [-0.1, -0.05) is 30.3 Å². The second-order valence-corrected chi connectivity index (χ2v) is 9.17. The zero-order chi connectivity index (χ0) is 25.9. The first-order valence-electron chi connectivity index (χ1n) is 12.4. The third kappa shape index (κ3) is 5.03. The summed E-state index contributed by atoms with van der Waals surface area (Å²) in [4.78, 5) is 25.4. The minimum Gasteiger partial charge on any atom is -0.497 e. The third-order valence-electron chi connectivity index (χ3n) is 6.75. The lowest BCUT2D eigenvalue weighted by atomic mass is 9.78. The number of ether oxygens (including phenoxy) is 3. The number of anilines is 2. The molecule has 37 heavy (non-hydrogen) atoms. The number of fused-ring (bicyclic) bond motifs is 1. The van der Waals surface area contributed by atoms with Crippen LogP contribution in [0.3, 0.4) is 0 Å². The van der Waals surface area contributed by atoms with E-state index in [4.69, 9.17) is 14.2 Å². The molecule has 0 fully saturated rings. The van der Waals surface area contributed by atoms with Crippen LogP contribution in [-0.4, -0.2) is 25.5 Å². The van der Waals surface area contributed by atoms with Gasteiger partial charge in [-0.3, -0.25) is 9.59 Å². The van der Waals surface area contributed by atoms with Crippen LogP contribution in [0.15, 0.2) is 78.0 Å². The Balaban J connectivity index is 1.57. The normalized spacial score (nSPS) is 18.5. The Kier molecular flexibility index (Phi) is 6.86. The predicted molar refractivity (Wildman–Crippen MR) is 142 cm³/mol. The summed E-state index contributed by atoms with van der Waals surface area (Å²) in [6, 6.07) is 20.9. The van der Waals surface area contributed by atoms with Crippen molar-refractivity contribution in [3.05, 3.63) is 89.1 Å². The molecule has 2 aliphatic rings. The smallest absolute Gasteiger partial charge is 0.308 e. The van der Waals surface area contributed by atoms with E-state index in [1.165, 1.54) is 6.92 Å². The number of allylic oxidation sites excluding steroid dienone is 1. The highest BCUT2D eigenvalue weighted by molar-refractivity contribution is 6.01. The average Bonchev–Trinajstić information content (AvgIpc) is 3.06. The Morgan fingerprint density at radius 1 is 0.946 bits per heavy atom. The number of esters is 1. The van der Waals surface area contributed by atoms with E-state index in [9.17, 15) is 9.59 Å². The number of methoxy groups -OCH3 is 1. The lowest BCUT2D eigenvalue weighted by molar-refractivity contribution is -0.132. The number of benzene rings is 3. The lowest BCUT2D eigenvalue weighted by Gasteiger charge is -2.30. The van der Waals surface area contributed by atoms with Crippen molar-refractivity contribution in [2.45, 2.75) is 38.6 Å². The van der Waals surface area contributed by atoms with E-state index in [0.29, 0.717) is 36.5 Å². The van der Waals surface area contributed by atoms with Crippen LogP contribution in [0.5, 0.6) is 17.2 Å². The van der Waals surface area contributed by atoms with Gasteiger partial charge in [0.1, 0.15) is 5.75 Å². The van der Waals surface area contributed by atoms with Gasteiger partial charge in [-0.15, -0.1) is 0 Å². The molecule has 1 heterocycles. The molecule has 0 bridgehead atoms. The van der Waals surface area contributed by atoms with Crippen molar-refractivity contribution in [2.24, 2.45) is 0 Å². The molecule has 0 amide bonds. The molecule has 0 saturated heterocycles. The van der Waals surface area contributed by atoms with Gasteiger partial charge in [0.05, 0.1) is 31.1 Å². The van der Waals surface area contributed by atoms with Crippen LogP contribution in [0, 0.1) is 0 Å². The van der Waals surface area contributed by atoms with Gasteiger partial charge in [-0.2, -0.15) is 0 Å². The summed E-state index contributed by atoms with van der Waals surface area (Å²) in [6.07, 6.45) is 1.11. The lowest BCUT2D eigenvalue weighted by Crippen LogP contribution is -2.27. The van der Waals surface area contributed by atoms with Crippen LogP contribution in [0.4, 0.5) is 11.4 Å². The monoisotopic (exact) mass is 498 g/mol. The highest BCUT2D eigenvalue weighted by Gasteiger charge is 2.36. The molecule has 5 rings (SSSR count). The second-order valence-electron chi connectivity index (χ2n) is 9.17. The molecule has 0 saturated carbocycles. The van der Waals surface area contributed by atoms with Gasteiger partial charge in [0.2, 0.25) is 0 Å². The van der Waals surface area contributed by atoms with Gasteiger partial charge < -0.3 is 24.8 Å². The Morgan fingerprint density at radius 3 is 2.38 bits per heavy atom. The topological polar surface area (TPSA) is 85.9 Å². The van der Waals surface area contributed by atoms with E-state index in [0.717, 1.165) is 33.9 Å². The number of hydrogen-bond acceptors (Lipinski definition) is 7. The first-order valence-corrected chi connectivity index (χ1v) is 12.4. The van der Waals surface area contributed by atoms with Crippen molar-refractivity contribution < 1.29 is 23.8 Å². The summed E-state index contributed by atoms with van der Waals surface area (Å²) < 4.78 is 16.4. The Morgan fingerprint density at radius 2 is 1.68 bits per heavy atom. The number of carbonyl (C=O) groups excluding carboxylic acids is 2. The first kappa shape index (κ1) is 24.4. The minimum atomic E-state index is -0.420. The molecule has 0 aromatic heterocycles. The summed E-state index contributed by atoms with van der Waals surface area (Å²) in [5.74, 6) is 1.33. The molecule has 7 heteroatoms. The number of carbonyl (C=O) groups is 2. The molecule has 2 N–H and O–H groups in total. The minimum absolute atomic E-state index is 0.0564. The zero-order valence-corrected chi connectivity index (χ0v) is 21.2. The number of hydrogen-bond donors (Lipinski definition) is 2. The Bertz CT molecular complexity index is 1360. The van der Waals surface area contributed by atoms with Crippen molar-refractivity contribution >= 4 is 23.1 Å². The molecule has 0 unspecified atom stereocenters. The van der Waals surface area contributed by atoms with E-state index >= 15 is 0 Å². The predicted octanol–water partition coefficient (Wildman–Crippen LogP) is 6.00. The van der Waals surface area contributed by atoms with Crippen LogP contribution >= 0.6 is 0 Å². The van der Waals surface area contributed by atoms with Gasteiger partial charge in [-0.05, 0) is 66.8 Å². The second kappa shape index (κ2) is 10.4. The molecule has 1 aliphatic heterocycles. The zero-order valence-electron chi connectivity index (χ0n) is 21.2. The summed E-state index contributed by atoms with van der Waals surface area (Å²) in [6.45, 7) is 3.64. The molecule has 3 aromatic carbocycles. The standard InChI is InChI=1S/C30H30N2O5/c1-4-36-28-17-20(11-14-27(28)37-18(2)33)30-29-25(31-23-7-5-6-8-24(23)32-30)15-21(16-26(29)34)19-9-12-22(35-3)13-10-19/h5-14,17,21,30-32H,4,15-16H2,1-3H3/t21-,30-/m0/s1. The molecule has 190 valence electrons. The van der Waals surface area contributed by atoms with E-state index in [2.05, 4.69) is 10.6 Å². The maximum absolute atomic E-state index is 13.8. The fourth-order valence-corrected chi connectivity index (χ4v) is 5.07. The van der Waals surface area contributed by atoms with Crippen LogP contribution in [0.1, 0.15) is 49.8 Å². The van der Waals surface area contributed by atoms with Crippen molar-refractivity contribution in [1.29, 1.82) is 0 Å². The number of Topliss-reactive ketones (excluding diaryl/α,β-unsaturated/α-hetero) is 1. The number of para-hydroxylation sites is 2. The van der Waals surface area contributed by atoms with Gasteiger partial charge in [0.15, 0.2) is 17.3 Å². The van der Waals surface area contributed by atoms with Gasteiger partial charge in [-0.25, -0.2) is 0 Å². The van der Waals surface area contributed by atoms with E-state index in [1.54, 1.807) is 13.2 Å². The average molecular weight is 499 g/mol. The molecular formula is C30H30N2O5. The van der Waals surface area contributed by atoms with Crippen molar-refractivity contribution in [3.8, 4) is 17.2 Å². The van der Waals surface area contributed by atoms with Crippen molar-refractivity contribution in [1.82, 2.24) is 0 Å². The first-order chi connectivity index (χ1) is 18.0. The fraction of sp³-hybridized carbons (Fsp3) is 0.267. The van der Waals surface area contributed by atoms with Gasteiger partial charge in [0, 0.05) is 24.6 Å². The van der Waals surface area contributed by atoms with E-state index in [1.807, 2.05) is 67.6 Å². The third-order valence-corrected chi connectivity index (χ3v) is 6.75. The maximum atomic E-state index is 13.8. The highest BCUT2D eigenvalue weighted by atomic mass is 16.6. The molecule has 2 atom stereocenters. The highest BCUT2D eigenvalue weighted by Crippen LogP contribution is 2.45. The van der Waals surface area contributed by atoms with Gasteiger partial charge >= 0.3 is 5.97 Å². The molecule has 0 radical (unpaired) electrons. The largest absolute Gasteiger partial charge is 0.497 e. The van der Waals surface area contributed by atoms with Crippen LogP contribution in [-0.2, 0) is 9.59 Å². The quantitative estimate of drug-likeness (QED) is 0.318. The molecule has 1 aliphatic carbocycles. The van der Waals surface area contributed by atoms with Crippen LogP contribution in [0.25, 0.3) is 0 Å². The summed E-state index contributed by atoms with van der Waals surface area (Å²) in [5, 5.41) is 7.15. The Labute approximate surface area is 216 Å². The molecular weight excluding hydrogens is 468 g/mol. The summed E-state index contributed by atoms with van der Waals surface area (Å²) >= 11 is 0. The molecule has 3 aromatic rings. The van der Waals surface area contributed by atoms with E-state index in [-0.39, 0.29) is 11.7 Å². The van der Waals surface area contributed by atoms with Gasteiger partial charge in [0.25, 0.3) is 0 Å². The number of nitrogens with one attached hydrogen (secondary N) is 2. The SMILES string of the molecule is CCOc1cc([C@@H]2Nc3ccccc3NC3=C2C(=O)C[C@@H](c2ccc(OC)cc2)C3)ccc1OC(C)=O. The van der Waals surface area contributed by atoms with Crippen molar-refractivity contribution in [2.75, 3.05) is 24.4 Å². The summed E-state index contributed by atoms with van der Waals surface area (Å²) in [5.41, 5.74) is 5.39.